The highest BCUT2D eigenvalue weighted by molar-refractivity contribution is 14.1. The second-order valence-corrected chi connectivity index (χ2v) is 12.6. The number of nitrogens with one attached hydrogen (secondary N) is 1. The molecule has 2 aromatic carbocycles. The number of fused-ring (bicyclic) bond motifs is 1. The highest BCUT2D eigenvalue weighted by Crippen LogP contribution is 2.40. The van der Waals surface area contributed by atoms with Crippen LogP contribution in [0.15, 0.2) is 41.4 Å². The summed E-state index contributed by atoms with van der Waals surface area (Å²) >= 11 is 10.0. The maximum Gasteiger partial charge on any atom is 0.254 e. The van der Waals surface area contributed by atoms with Crippen LogP contribution in [-0.2, 0) is 19.4 Å². The minimum Gasteiger partial charge on any atom is -0.493 e. The van der Waals surface area contributed by atoms with Crippen LogP contribution in [0.4, 0.5) is 5.00 Å². The molecule has 38 heavy (non-hydrogen) atoms. The molecular weight excluding hydrogens is 631 g/mol. The molecule has 0 radical (unpaired) electrons. The third-order valence-corrected chi connectivity index (χ3v) is 9.41. The molecule has 1 aromatic heterocycles. The highest BCUT2D eigenvalue weighted by atomic mass is 127. The number of methoxy groups -OCH3 is 1. The van der Waals surface area contributed by atoms with Crippen molar-refractivity contribution in [2.45, 2.75) is 70.4 Å². The number of carbonyl (C=O) groups excluding carboxylic acids is 1. The maximum atomic E-state index is 13.5. The standard InChI is InChI=1S/C30H32ClIN2O3S/c1-36-25-16-20(15-24(32)28(25)37-18-19-8-7-9-21(31)14-19)17-33-30-27(23-12-5-6-13-26(23)38-30)29(35)34-22-10-3-2-4-11-22/h7-9,14-17,22H,2-6,10-13,18H2,1H3,(H,34,35). The van der Waals surface area contributed by atoms with Crippen molar-refractivity contribution < 1.29 is 14.3 Å². The minimum absolute atomic E-state index is 0.0420. The molecule has 8 heteroatoms. The van der Waals surface area contributed by atoms with Crippen LogP contribution in [0.3, 0.4) is 0 Å². The summed E-state index contributed by atoms with van der Waals surface area (Å²) in [5.41, 5.74) is 3.88. The topological polar surface area (TPSA) is 59.9 Å². The van der Waals surface area contributed by atoms with Gasteiger partial charge in [0.1, 0.15) is 11.6 Å². The van der Waals surface area contributed by atoms with Gasteiger partial charge in [-0.05, 0) is 102 Å². The van der Waals surface area contributed by atoms with Crippen molar-refractivity contribution in [2.24, 2.45) is 4.99 Å². The van der Waals surface area contributed by atoms with Crippen molar-refractivity contribution in [3.8, 4) is 11.5 Å². The number of benzene rings is 2. The number of nitrogens with zero attached hydrogens (tertiary/aromatic N) is 1. The number of amides is 1. The number of ether oxygens (including phenoxy) is 2. The van der Waals surface area contributed by atoms with Crippen LogP contribution in [0.5, 0.6) is 11.5 Å². The second-order valence-electron chi connectivity index (χ2n) is 9.91. The molecule has 1 heterocycles. The van der Waals surface area contributed by atoms with E-state index in [9.17, 15) is 4.79 Å². The molecule has 1 saturated carbocycles. The molecule has 1 amide bonds. The zero-order chi connectivity index (χ0) is 26.5. The average molecular weight is 663 g/mol. The fourth-order valence-corrected chi connectivity index (χ4v) is 7.48. The molecule has 0 bridgehead atoms. The first-order valence-corrected chi connectivity index (χ1v) is 15.5. The number of hydrogen-bond donors (Lipinski definition) is 1. The van der Waals surface area contributed by atoms with Gasteiger partial charge in [-0.1, -0.05) is 43.0 Å². The summed E-state index contributed by atoms with van der Waals surface area (Å²) in [6.45, 7) is 0.389. The Morgan fingerprint density at radius 2 is 1.97 bits per heavy atom. The van der Waals surface area contributed by atoms with Crippen molar-refractivity contribution in [1.82, 2.24) is 5.32 Å². The van der Waals surface area contributed by atoms with E-state index in [1.54, 1.807) is 18.4 Å². The number of carbonyl (C=O) groups is 1. The molecule has 3 aromatic rings. The summed E-state index contributed by atoms with van der Waals surface area (Å²) in [7, 11) is 1.64. The Labute approximate surface area is 247 Å². The number of aliphatic imine (C=N–C) groups is 1. The lowest BCUT2D eigenvalue weighted by Gasteiger charge is -2.23. The number of thiophene rings is 1. The van der Waals surface area contributed by atoms with Crippen LogP contribution in [0, 0.1) is 3.57 Å². The van der Waals surface area contributed by atoms with Crippen LogP contribution in [-0.4, -0.2) is 25.3 Å². The van der Waals surface area contributed by atoms with Crippen LogP contribution >= 0.6 is 45.5 Å². The highest BCUT2D eigenvalue weighted by Gasteiger charge is 2.27. The van der Waals surface area contributed by atoms with Gasteiger partial charge < -0.3 is 14.8 Å². The van der Waals surface area contributed by atoms with E-state index >= 15 is 0 Å². The number of aryl methyl sites for hydroxylation is 1. The van der Waals surface area contributed by atoms with Crippen LogP contribution in [0.1, 0.15) is 76.9 Å². The first-order valence-electron chi connectivity index (χ1n) is 13.3. The second kappa shape index (κ2) is 12.8. The van der Waals surface area contributed by atoms with E-state index in [1.165, 1.54) is 36.1 Å². The predicted molar refractivity (Wildman–Crippen MR) is 164 cm³/mol. The van der Waals surface area contributed by atoms with Crippen LogP contribution in [0.2, 0.25) is 5.02 Å². The Hall–Kier alpha value is -2.10. The number of halogens is 2. The largest absolute Gasteiger partial charge is 0.493 e. The molecule has 1 N–H and O–H groups in total. The molecule has 0 aliphatic heterocycles. The first-order chi connectivity index (χ1) is 18.5. The van der Waals surface area contributed by atoms with Gasteiger partial charge in [0.25, 0.3) is 5.91 Å². The van der Waals surface area contributed by atoms with Gasteiger partial charge in [-0.25, -0.2) is 4.99 Å². The van der Waals surface area contributed by atoms with Gasteiger partial charge in [0.2, 0.25) is 0 Å². The zero-order valence-electron chi connectivity index (χ0n) is 21.5. The van der Waals surface area contributed by atoms with Gasteiger partial charge in [-0.2, -0.15) is 0 Å². The molecule has 200 valence electrons. The summed E-state index contributed by atoms with van der Waals surface area (Å²) in [6, 6.07) is 11.9. The van der Waals surface area contributed by atoms with Crippen molar-refractivity contribution >= 4 is 62.7 Å². The molecule has 5 nitrogen and oxygen atoms in total. The lowest BCUT2D eigenvalue weighted by molar-refractivity contribution is 0.0927. The maximum absolute atomic E-state index is 13.5. The van der Waals surface area contributed by atoms with Gasteiger partial charge in [0, 0.05) is 22.2 Å². The van der Waals surface area contributed by atoms with Crippen LogP contribution in [0.25, 0.3) is 0 Å². The Morgan fingerprint density at radius 3 is 2.76 bits per heavy atom. The summed E-state index contributed by atoms with van der Waals surface area (Å²) in [5.74, 6) is 1.37. The number of rotatable bonds is 8. The first kappa shape index (κ1) is 27.5. The van der Waals surface area contributed by atoms with Gasteiger partial charge >= 0.3 is 0 Å². The van der Waals surface area contributed by atoms with E-state index in [2.05, 4.69) is 27.9 Å². The quantitative estimate of drug-likeness (QED) is 0.195. The molecule has 1 fully saturated rings. The van der Waals surface area contributed by atoms with Crippen molar-refractivity contribution in [3.05, 3.63) is 72.1 Å². The summed E-state index contributed by atoms with van der Waals surface area (Å²) in [4.78, 5) is 19.6. The summed E-state index contributed by atoms with van der Waals surface area (Å²) in [6.07, 6.45) is 11.9. The molecule has 0 atom stereocenters. The van der Waals surface area contributed by atoms with Gasteiger partial charge in [-0.3, -0.25) is 4.79 Å². The van der Waals surface area contributed by atoms with Gasteiger partial charge in [0.05, 0.1) is 16.2 Å². The lowest BCUT2D eigenvalue weighted by Crippen LogP contribution is -2.36. The van der Waals surface area contributed by atoms with Gasteiger partial charge in [-0.15, -0.1) is 11.3 Å². The Bertz CT molecular complexity index is 1330. The predicted octanol–water partition coefficient (Wildman–Crippen LogP) is 8.29. The molecule has 0 unspecified atom stereocenters. The molecule has 0 saturated heterocycles. The fourth-order valence-electron chi connectivity index (χ4n) is 5.25. The zero-order valence-corrected chi connectivity index (χ0v) is 25.3. The van der Waals surface area contributed by atoms with E-state index in [0.717, 1.165) is 57.4 Å². The molecular formula is C30H32ClIN2O3S. The van der Waals surface area contributed by atoms with E-state index in [-0.39, 0.29) is 11.9 Å². The van der Waals surface area contributed by atoms with E-state index in [1.807, 2.05) is 42.6 Å². The summed E-state index contributed by atoms with van der Waals surface area (Å²) in [5, 5.41) is 4.81. The fraction of sp³-hybridized carbons (Fsp3) is 0.400. The lowest BCUT2D eigenvalue weighted by atomic mass is 9.93. The average Bonchev–Trinajstić information content (AvgIpc) is 3.30. The van der Waals surface area contributed by atoms with Crippen molar-refractivity contribution in [1.29, 1.82) is 0 Å². The molecule has 2 aliphatic carbocycles. The van der Waals surface area contributed by atoms with E-state index in [4.69, 9.17) is 26.1 Å². The third kappa shape index (κ3) is 6.54. The smallest absolute Gasteiger partial charge is 0.254 e. The third-order valence-electron chi connectivity index (χ3n) is 7.18. The Morgan fingerprint density at radius 1 is 1.16 bits per heavy atom. The molecule has 5 rings (SSSR count). The van der Waals surface area contributed by atoms with Crippen molar-refractivity contribution in [2.75, 3.05) is 7.11 Å². The monoisotopic (exact) mass is 662 g/mol. The SMILES string of the molecule is COc1cc(C=Nc2sc3c(c2C(=O)NC2CCCCC2)CCCC3)cc(I)c1OCc1cccc(Cl)c1. The Kier molecular flexibility index (Phi) is 9.28. The minimum atomic E-state index is 0.0420. The normalized spacial score (nSPS) is 15.9. The van der Waals surface area contributed by atoms with E-state index < -0.39 is 0 Å². The van der Waals surface area contributed by atoms with Gasteiger partial charge in [0.15, 0.2) is 11.5 Å². The Balaban J connectivity index is 1.38. The number of hydrogen-bond acceptors (Lipinski definition) is 5. The molecule has 2 aliphatic rings. The summed E-state index contributed by atoms with van der Waals surface area (Å²) < 4.78 is 12.7. The van der Waals surface area contributed by atoms with Crippen molar-refractivity contribution in [3.63, 3.8) is 0 Å². The van der Waals surface area contributed by atoms with Crippen LogP contribution < -0.4 is 14.8 Å². The van der Waals surface area contributed by atoms with E-state index in [0.29, 0.717) is 23.1 Å². The molecule has 0 spiro atoms.